The first-order chi connectivity index (χ1) is 8.72. The van der Waals surface area contributed by atoms with E-state index in [1.165, 1.54) is 4.90 Å². The SMILES string of the molecule is C#CCNC(=O)CN1C(=O)COc2ccccc21. The summed E-state index contributed by atoms with van der Waals surface area (Å²) in [5, 5.41) is 2.52. The number of terminal acetylenes is 1. The van der Waals surface area contributed by atoms with Crippen molar-refractivity contribution in [3.05, 3.63) is 24.3 Å². The number of hydrogen-bond donors (Lipinski definition) is 1. The number of carbonyl (C=O) groups excluding carboxylic acids is 2. The smallest absolute Gasteiger partial charge is 0.265 e. The summed E-state index contributed by atoms with van der Waals surface area (Å²) < 4.78 is 5.27. The van der Waals surface area contributed by atoms with Crippen molar-refractivity contribution in [1.29, 1.82) is 0 Å². The largest absolute Gasteiger partial charge is 0.482 e. The average Bonchev–Trinajstić information content (AvgIpc) is 2.40. The first-order valence-corrected chi connectivity index (χ1v) is 5.44. The van der Waals surface area contributed by atoms with Crippen molar-refractivity contribution in [3.8, 4) is 18.1 Å². The van der Waals surface area contributed by atoms with Gasteiger partial charge in [0.1, 0.15) is 12.3 Å². The Kier molecular flexibility index (Phi) is 3.49. The molecule has 0 spiro atoms. The highest BCUT2D eigenvalue weighted by molar-refractivity contribution is 6.02. The van der Waals surface area contributed by atoms with E-state index in [2.05, 4.69) is 11.2 Å². The monoisotopic (exact) mass is 244 g/mol. The summed E-state index contributed by atoms with van der Waals surface area (Å²) in [6.45, 7) is 0.0410. The van der Waals surface area contributed by atoms with Gasteiger partial charge in [0.25, 0.3) is 5.91 Å². The van der Waals surface area contributed by atoms with E-state index in [0.29, 0.717) is 11.4 Å². The molecule has 1 aromatic rings. The fraction of sp³-hybridized carbons (Fsp3) is 0.231. The van der Waals surface area contributed by atoms with Gasteiger partial charge in [0, 0.05) is 0 Å². The molecule has 1 aliphatic rings. The van der Waals surface area contributed by atoms with Gasteiger partial charge in [0.05, 0.1) is 12.2 Å². The highest BCUT2D eigenvalue weighted by Gasteiger charge is 2.26. The number of rotatable bonds is 3. The van der Waals surface area contributed by atoms with Crippen molar-refractivity contribution in [3.63, 3.8) is 0 Å². The Morgan fingerprint density at radius 1 is 1.50 bits per heavy atom. The van der Waals surface area contributed by atoms with Gasteiger partial charge >= 0.3 is 0 Å². The van der Waals surface area contributed by atoms with Crippen LogP contribution in [-0.2, 0) is 9.59 Å². The number of carbonyl (C=O) groups is 2. The second kappa shape index (κ2) is 5.23. The Bertz CT molecular complexity index is 519. The van der Waals surface area contributed by atoms with Crippen LogP contribution in [0.5, 0.6) is 5.75 Å². The average molecular weight is 244 g/mol. The number of amides is 2. The molecule has 1 aromatic carbocycles. The molecule has 5 nitrogen and oxygen atoms in total. The van der Waals surface area contributed by atoms with Crippen molar-refractivity contribution in [2.24, 2.45) is 0 Å². The van der Waals surface area contributed by atoms with Crippen molar-refractivity contribution < 1.29 is 14.3 Å². The van der Waals surface area contributed by atoms with Crippen LogP contribution in [0.3, 0.4) is 0 Å². The maximum Gasteiger partial charge on any atom is 0.265 e. The van der Waals surface area contributed by atoms with E-state index in [1.807, 2.05) is 6.07 Å². The van der Waals surface area contributed by atoms with Gasteiger partial charge in [-0.25, -0.2) is 0 Å². The molecule has 0 saturated heterocycles. The summed E-state index contributed by atoms with van der Waals surface area (Å²) in [5.41, 5.74) is 0.601. The van der Waals surface area contributed by atoms with Crippen LogP contribution in [0.1, 0.15) is 0 Å². The first kappa shape index (κ1) is 12.0. The minimum Gasteiger partial charge on any atom is -0.482 e. The Hall–Kier alpha value is -2.48. The topological polar surface area (TPSA) is 58.6 Å². The zero-order chi connectivity index (χ0) is 13.0. The molecule has 0 fully saturated rings. The van der Waals surface area contributed by atoms with Gasteiger partial charge in [-0.15, -0.1) is 6.42 Å². The third-order valence-electron chi connectivity index (χ3n) is 2.50. The van der Waals surface area contributed by atoms with E-state index < -0.39 is 0 Å². The standard InChI is InChI=1S/C13H12N2O3/c1-2-7-14-12(16)8-15-10-5-3-4-6-11(10)18-9-13(15)17/h1,3-6H,7-9H2,(H,14,16). The van der Waals surface area contributed by atoms with Gasteiger partial charge in [-0.2, -0.15) is 0 Å². The van der Waals surface area contributed by atoms with Crippen molar-refractivity contribution >= 4 is 17.5 Å². The van der Waals surface area contributed by atoms with Crippen LogP contribution in [0.15, 0.2) is 24.3 Å². The van der Waals surface area contributed by atoms with Crippen LogP contribution >= 0.6 is 0 Å². The normalized spacial score (nSPS) is 13.3. The van der Waals surface area contributed by atoms with Crippen molar-refractivity contribution in [2.75, 3.05) is 24.6 Å². The minimum absolute atomic E-state index is 0.0547. The summed E-state index contributed by atoms with van der Waals surface area (Å²) >= 11 is 0. The maximum atomic E-state index is 11.7. The quantitative estimate of drug-likeness (QED) is 0.771. The van der Waals surface area contributed by atoms with E-state index in [1.54, 1.807) is 18.2 Å². The number of ether oxygens (including phenoxy) is 1. The Morgan fingerprint density at radius 3 is 3.06 bits per heavy atom. The number of benzene rings is 1. The third kappa shape index (κ3) is 2.43. The second-order valence-corrected chi connectivity index (χ2v) is 3.72. The molecule has 0 saturated carbocycles. The van der Waals surface area contributed by atoms with Crippen molar-refractivity contribution in [2.45, 2.75) is 0 Å². The zero-order valence-corrected chi connectivity index (χ0v) is 9.68. The van der Waals surface area contributed by atoms with Gasteiger partial charge in [-0.05, 0) is 12.1 Å². The predicted molar refractivity (Wildman–Crippen MR) is 66.1 cm³/mol. The van der Waals surface area contributed by atoms with Crippen LogP contribution in [-0.4, -0.2) is 31.5 Å². The summed E-state index contributed by atoms with van der Waals surface area (Å²) in [7, 11) is 0. The predicted octanol–water partition coefficient (Wildman–Crippen LogP) is 0.161. The summed E-state index contributed by atoms with van der Waals surface area (Å²) in [4.78, 5) is 24.7. The summed E-state index contributed by atoms with van der Waals surface area (Å²) in [6, 6.07) is 7.09. The fourth-order valence-corrected chi connectivity index (χ4v) is 1.68. The summed E-state index contributed by atoms with van der Waals surface area (Å²) in [5.74, 6) is 2.37. The zero-order valence-electron chi connectivity index (χ0n) is 9.68. The molecule has 0 aliphatic carbocycles. The molecule has 0 unspecified atom stereocenters. The van der Waals surface area contributed by atoms with Gasteiger partial charge in [0.2, 0.25) is 5.91 Å². The first-order valence-electron chi connectivity index (χ1n) is 5.44. The molecule has 5 heteroatoms. The Balaban J connectivity index is 2.15. The number of nitrogens with zero attached hydrogens (tertiary/aromatic N) is 1. The lowest BCUT2D eigenvalue weighted by Crippen LogP contribution is -2.45. The fourth-order valence-electron chi connectivity index (χ4n) is 1.68. The highest BCUT2D eigenvalue weighted by atomic mass is 16.5. The number of hydrogen-bond acceptors (Lipinski definition) is 3. The molecule has 2 rings (SSSR count). The van der Waals surface area contributed by atoms with Gasteiger partial charge < -0.3 is 10.1 Å². The molecule has 0 aromatic heterocycles. The van der Waals surface area contributed by atoms with Gasteiger partial charge in [0.15, 0.2) is 6.61 Å². The molecule has 0 atom stereocenters. The number of anilines is 1. The Labute approximate surface area is 105 Å². The van der Waals surface area contributed by atoms with Crippen LogP contribution < -0.4 is 15.0 Å². The van der Waals surface area contributed by atoms with Gasteiger partial charge in [-0.3, -0.25) is 14.5 Å². The maximum absolute atomic E-state index is 11.7. The second-order valence-electron chi connectivity index (χ2n) is 3.72. The Morgan fingerprint density at radius 2 is 2.28 bits per heavy atom. The van der Waals surface area contributed by atoms with Crippen molar-refractivity contribution in [1.82, 2.24) is 5.32 Å². The molecule has 0 bridgehead atoms. The number of nitrogens with one attached hydrogen (secondary N) is 1. The third-order valence-corrected chi connectivity index (χ3v) is 2.50. The molecular formula is C13H12N2O3. The number of fused-ring (bicyclic) bond motifs is 1. The van der Waals surface area contributed by atoms with Crippen LogP contribution in [0.25, 0.3) is 0 Å². The van der Waals surface area contributed by atoms with E-state index in [9.17, 15) is 9.59 Å². The molecule has 1 aliphatic heterocycles. The molecule has 0 radical (unpaired) electrons. The van der Waals surface area contributed by atoms with E-state index >= 15 is 0 Å². The molecule has 18 heavy (non-hydrogen) atoms. The van der Waals surface area contributed by atoms with E-state index in [0.717, 1.165) is 0 Å². The number of para-hydroxylation sites is 2. The molecule has 1 N–H and O–H groups in total. The molecule has 1 heterocycles. The van der Waals surface area contributed by atoms with E-state index in [4.69, 9.17) is 11.2 Å². The molecule has 2 amide bonds. The van der Waals surface area contributed by atoms with E-state index in [-0.39, 0.29) is 31.5 Å². The van der Waals surface area contributed by atoms with Crippen LogP contribution in [0.2, 0.25) is 0 Å². The highest BCUT2D eigenvalue weighted by Crippen LogP contribution is 2.30. The lowest BCUT2D eigenvalue weighted by Gasteiger charge is -2.28. The lowest BCUT2D eigenvalue weighted by atomic mass is 10.2. The minimum atomic E-state index is -0.294. The molecule has 92 valence electrons. The summed E-state index contributed by atoms with van der Waals surface area (Å²) in [6.07, 6.45) is 5.05. The lowest BCUT2D eigenvalue weighted by molar-refractivity contribution is -0.125. The van der Waals surface area contributed by atoms with Crippen LogP contribution in [0.4, 0.5) is 5.69 Å². The van der Waals surface area contributed by atoms with Gasteiger partial charge in [-0.1, -0.05) is 18.1 Å². The molecular weight excluding hydrogens is 232 g/mol. The van der Waals surface area contributed by atoms with Crippen LogP contribution in [0, 0.1) is 12.3 Å².